The van der Waals surface area contributed by atoms with Gasteiger partial charge in [0.1, 0.15) is 11.4 Å². The van der Waals surface area contributed by atoms with Gasteiger partial charge in [0.25, 0.3) is 5.91 Å². The second kappa shape index (κ2) is 10.2. The lowest BCUT2D eigenvalue weighted by molar-refractivity contribution is 0.0526. The number of hydrogen-bond acceptors (Lipinski definition) is 7. The maximum Gasteiger partial charge on any atom is 0.343 e. The number of esters is 1. The molecule has 0 saturated carbocycles. The number of nitrogens with zero attached hydrogens (tertiary/aromatic N) is 4. The van der Waals surface area contributed by atoms with Crippen LogP contribution in [0.1, 0.15) is 27.6 Å². The molecule has 0 bridgehead atoms. The van der Waals surface area contributed by atoms with Crippen LogP contribution in [-0.4, -0.2) is 71.5 Å². The average Bonchev–Trinajstić information content (AvgIpc) is 2.85. The average molecular weight is 446 g/mol. The number of rotatable bonds is 6. The molecule has 1 amide bonds. The lowest BCUT2D eigenvalue weighted by Gasteiger charge is -2.32. The first kappa shape index (κ1) is 22.4. The zero-order valence-electron chi connectivity index (χ0n) is 18.8. The molecule has 1 aromatic heterocycles. The minimum atomic E-state index is -0.499. The molecule has 2 heterocycles. The van der Waals surface area contributed by atoms with Gasteiger partial charge in [0.05, 0.1) is 6.61 Å². The van der Waals surface area contributed by atoms with Gasteiger partial charge in [-0.05, 0) is 38.2 Å². The second-order valence-corrected chi connectivity index (χ2v) is 7.84. The van der Waals surface area contributed by atoms with Crippen molar-refractivity contribution in [1.82, 2.24) is 19.8 Å². The van der Waals surface area contributed by atoms with Gasteiger partial charge in [0.15, 0.2) is 5.82 Å². The van der Waals surface area contributed by atoms with Crippen LogP contribution >= 0.6 is 0 Å². The van der Waals surface area contributed by atoms with E-state index >= 15 is 0 Å². The van der Waals surface area contributed by atoms with Crippen molar-refractivity contribution in [3.8, 4) is 11.4 Å². The van der Waals surface area contributed by atoms with Gasteiger partial charge in [0, 0.05) is 49.2 Å². The van der Waals surface area contributed by atoms with E-state index < -0.39 is 5.97 Å². The monoisotopic (exact) mass is 445 g/mol. The number of nitrogens with one attached hydrogen (secondary N) is 1. The number of carbonyl (C=O) groups excluding carboxylic acids is 2. The van der Waals surface area contributed by atoms with Crippen LogP contribution in [0.4, 0.5) is 11.5 Å². The molecule has 0 atom stereocenters. The van der Waals surface area contributed by atoms with Crippen molar-refractivity contribution >= 4 is 23.4 Å². The minimum Gasteiger partial charge on any atom is -0.462 e. The first-order chi connectivity index (χ1) is 16.0. The van der Waals surface area contributed by atoms with E-state index in [-0.39, 0.29) is 18.1 Å². The molecule has 1 aliphatic heterocycles. The fourth-order valence-electron chi connectivity index (χ4n) is 3.59. The van der Waals surface area contributed by atoms with E-state index in [1.165, 1.54) is 6.20 Å². The molecule has 1 fully saturated rings. The highest BCUT2D eigenvalue weighted by Gasteiger charge is 2.21. The van der Waals surface area contributed by atoms with Gasteiger partial charge < -0.3 is 19.9 Å². The number of carbonyl (C=O) groups is 2. The maximum absolute atomic E-state index is 12.8. The van der Waals surface area contributed by atoms with Crippen molar-refractivity contribution in [2.75, 3.05) is 45.2 Å². The van der Waals surface area contributed by atoms with Crippen LogP contribution in [-0.2, 0) is 4.74 Å². The summed E-state index contributed by atoms with van der Waals surface area (Å²) in [7, 11) is 2.06. The van der Waals surface area contributed by atoms with Crippen molar-refractivity contribution in [3.05, 3.63) is 71.9 Å². The van der Waals surface area contributed by atoms with Crippen LogP contribution in [0.3, 0.4) is 0 Å². The smallest absolute Gasteiger partial charge is 0.343 e. The Morgan fingerprint density at radius 3 is 2.36 bits per heavy atom. The summed E-state index contributed by atoms with van der Waals surface area (Å²) in [5, 5.41) is 3.19. The number of likely N-dealkylation sites (N-methyl/N-ethyl adjacent to an activating group) is 1. The number of aromatic nitrogens is 2. The highest BCUT2D eigenvalue weighted by Crippen LogP contribution is 2.24. The molecule has 1 aliphatic rings. The van der Waals surface area contributed by atoms with E-state index in [2.05, 4.69) is 27.2 Å². The molecule has 1 saturated heterocycles. The number of benzene rings is 2. The third kappa shape index (κ3) is 5.35. The Balaban J connectivity index is 1.56. The van der Waals surface area contributed by atoms with Crippen LogP contribution < -0.4 is 5.32 Å². The third-order valence-electron chi connectivity index (χ3n) is 5.50. The molecule has 0 aliphatic carbocycles. The Bertz CT molecular complexity index is 1110. The van der Waals surface area contributed by atoms with Gasteiger partial charge in [-0.25, -0.2) is 14.8 Å². The highest BCUT2D eigenvalue weighted by atomic mass is 16.5. The summed E-state index contributed by atoms with van der Waals surface area (Å²) in [5.41, 5.74) is 2.41. The molecule has 8 nitrogen and oxygen atoms in total. The highest BCUT2D eigenvalue weighted by molar-refractivity contribution is 5.96. The predicted molar refractivity (Wildman–Crippen MR) is 127 cm³/mol. The summed E-state index contributed by atoms with van der Waals surface area (Å²) in [6.07, 6.45) is 1.47. The Hall–Kier alpha value is -3.78. The van der Waals surface area contributed by atoms with Gasteiger partial charge in [-0.15, -0.1) is 0 Å². The topological polar surface area (TPSA) is 87.7 Å². The van der Waals surface area contributed by atoms with Crippen molar-refractivity contribution in [2.24, 2.45) is 0 Å². The second-order valence-electron chi connectivity index (χ2n) is 7.84. The standard InChI is InChI=1S/C25H27N5O3/c1-3-33-25(32)21-17-26-22(18-7-5-4-6-8-18)28-23(21)27-20-11-9-19(10-12-20)24(31)30-15-13-29(2)14-16-30/h4-12,17H,3,13-16H2,1-2H3,(H,26,27,28). The van der Waals surface area contributed by atoms with Crippen molar-refractivity contribution < 1.29 is 14.3 Å². The number of anilines is 2. The zero-order valence-corrected chi connectivity index (χ0v) is 18.8. The van der Waals surface area contributed by atoms with Crippen molar-refractivity contribution in [2.45, 2.75) is 6.92 Å². The lowest BCUT2D eigenvalue weighted by Crippen LogP contribution is -2.47. The third-order valence-corrected chi connectivity index (χ3v) is 5.50. The van der Waals surface area contributed by atoms with Crippen LogP contribution in [0.25, 0.3) is 11.4 Å². The first-order valence-corrected chi connectivity index (χ1v) is 11.0. The molecule has 0 radical (unpaired) electrons. The van der Waals surface area contributed by atoms with E-state index in [0.717, 1.165) is 31.7 Å². The van der Waals surface area contributed by atoms with Crippen LogP contribution in [0.15, 0.2) is 60.8 Å². The fourth-order valence-corrected chi connectivity index (χ4v) is 3.59. The fraction of sp³-hybridized carbons (Fsp3) is 0.280. The first-order valence-electron chi connectivity index (χ1n) is 11.0. The summed E-state index contributed by atoms with van der Waals surface area (Å²) in [4.78, 5) is 38.3. The van der Waals surface area contributed by atoms with Gasteiger partial charge in [-0.2, -0.15) is 0 Å². The Morgan fingerprint density at radius 1 is 1.00 bits per heavy atom. The molecule has 0 spiro atoms. The summed E-state index contributed by atoms with van der Waals surface area (Å²) in [5.74, 6) is 0.366. The van der Waals surface area contributed by atoms with Crippen LogP contribution in [0.2, 0.25) is 0 Å². The molecule has 3 aromatic rings. The molecule has 33 heavy (non-hydrogen) atoms. The summed E-state index contributed by atoms with van der Waals surface area (Å²) in [6, 6.07) is 16.7. The van der Waals surface area contributed by atoms with Crippen molar-refractivity contribution in [1.29, 1.82) is 0 Å². The lowest BCUT2D eigenvalue weighted by atomic mass is 10.1. The van der Waals surface area contributed by atoms with E-state index in [4.69, 9.17) is 4.74 Å². The van der Waals surface area contributed by atoms with E-state index in [1.807, 2.05) is 47.4 Å². The predicted octanol–water partition coefficient (Wildman–Crippen LogP) is 3.45. The normalized spacial score (nSPS) is 14.1. The molecule has 1 N–H and O–H groups in total. The molecule has 8 heteroatoms. The van der Waals surface area contributed by atoms with Gasteiger partial charge >= 0.3 is 5.97 Å². The Morgan fingerprint density at radius 2 is 1.70 bits per heavy atom. The van der Waals surface area contributed by atoms with E-state index in [9.17, 15) is 9.59 Å². The van der Waals surface area contributed by atoms with Crippen molar-refractivity contribution in [3.63, 3.8) is 0 Å². The van der Waals surface area contributed by atoms with Gasteiger partial charge in [0.2, 0.25) is 0 Å². The molecule has 2 aromatic carbocycles. The van der Waals surface area contributed by atoms with E-state index in [1.54, 1.807) is 19.1 Å². The Labute approximate surface area is 193 Å². The van der Waals surface area contributed by atoms with E-state index in [0.29, 0.717) is 22.9 Å². The number of amides is 1. The molecule has 0 unspecified atom stereocenters. The largest absolute Gasteiger partial charge is 0.462 e. The maximum atomic E-state index is 12.8. The molecular formula is C25H27N5O3. The number of piperazine rings is 1. The Kier molecular flexibility index (Phi) is 6.95. The quantitative estimate of drug-likeness (QED) is 0.582. The zero-order chi connectivity index (χ0) is 23.2. The summed E-state index contributed by atoms with van der Waals surface area (Å²) in [6.45, 7) is 5.20. The van der Waals surface area contributed by atoms with Crippen LogP contribution in [0.5, 0.6) is 0 Å². The molecule has 170 valence electrons. The van der Waals surface area contributed by atoms with Crippen LogP contribution in [0, 0.1) is 0 Å². The molecule has 4 rings (SSSR count). The minimum absolute atomic E-state index is 0.0234. The SMILES string of the molecule is CCOC(=O)c1cnc(-c2ccccc2)nc1Nc1ccc(C(=O)N2CCN(C)CC2)cc1. The summed E-state index contributed by atoms with van der Waals surface area (Å²) >= 11 is 0. The number of ether oxygens (including phenoxy) is 1. The van der Waals surface area contributed by atoms with Gasteiger partial charge in [-0.1, -0.05) is 30.3 Å². The van der Waals surface area contributed by atoms with Gasteiger partial charge in [-0.3, -0.25) is 4.79 Å². The summed E-state index contributed by atoms with van der Waals surface area (Å²) < 4.78 is 5.16. The molecular weight excluding hydrogens is 418 g/mol. The number of hydrogen-bond donors (Lipinski definition) is 1.